The zero-order valence-electron chi connectivity index (χ0n) is 31.3. The molecule has 1 saturated heterocycles. The van der Waals surface area contributed by atoms with E-state index in [1.165, 1.54) is 11.1 Å². The van der Waals surface area contributed by atoms with E-state index < -0.39 is 6.10 Å². The normalized spacial score (nSPS) is 22.3. The zero-order valence-corrected chi connectivity index (χ0v) is 31.3. The number of fused-ring (bicyclic) bond motifs is 4. The molecular weight excluding hydrogens is 665 g/mol. The number of benzene rings is 3. The van der Waals surface area contributed by atoms with Gasteiger partial charge in [0.25, 0.3) is 0 Å². The van der Waals surface area contributed by atoms with E-state index >= 15 is 0 Å². The molecule has 4 heterocycles. The number of nitrogens with one attached hydrogen (secondary N) is 2. The van der Waals surface area contributed by atoms with Crippen LogP contribution in [0.1, 0.15) is 80.5 Å². The minimum Gasteiger partial charge on any atom is -0.504 e. The van der Waals surface area contributed by atoms with Crippen molar-refractivity contribution in [2.75, 3.05) is 33.4 Å². The molecule has 1 unspecified atom stereocenters. The van der Waals surface area contributed by atoms with Gasteiger partial charge in [0.05, 0.1) is 25.0 Å². The van der Waals surface area contributed by atoms with Crippen molar-refractivity contribution in [3.05, 3.63) is 113 Å². The number of ether oxygens (including phenoxy) is 3. The number of aliphatic hydroxyl groups excluding tert-OH is 1. The van der Waals surface area contributed by atoms with Gasteiger partial charge in [-0.1, -0.05) is 68.7 Å². The van der Waals surface area contributed by atoms with Crippen molar-refractivity contribution in [1.82, 2.24) is 15.2 Å². The minimum atomic E-state index is -0.523. The SMILES string of the molecule is CCCCC[C@H]1C[C@H](O)CCc2ccc(O)c(c2)OCc2cc(C3(c4ccccc4)CCOCC3)cc3cn(cc23)C2=C(C=C(CNC)C(N)N2)CO1. The lowest BCUT2D eigenvalue weighted by molar-refractivity contribution is 0.0171. The van der Waals surface area contributed by atoms with E-state index in [1.807, 2.05) is 19.2 Å². The number of dihydropyridines is 1. The lowest BCUT2D eigenvalue weighted by Gasteiger charge is -2.39. The first kappa shape index (κ1) is 37.2. The molecule has 6 N–H and O–H groups in total. The first-order valence-corrected chi connectivity index (χ1v) is 19.5. The van der Waals surface area contributed by atoms with E-state index in [9.17, 15) is 10.2 Å². The van der Waals surface area contributed by atoms with Gasteiger partial charge in [-0.15, -0.1) is 0 Å². The molecule has 0 amide bonds. The van der Waals surface area contributed by atoms with E-state index in [0.717, 1.165) is 77.4 Å². The Kier molecular flexibility index (Phi) is 11.9. The molecule has 4 aromatic rings. The van der Waals surface area contributed by atoms with Gasteiger partial charge in [0, 0.05) is 53.9 Å². The number of hydrogen-bond acceptors (Lipinski definition) is 8. The highest BCUT2D eigenvalue weighted by molar-refractivity contribution is 5.88. The van der Waals surface area contributed by atoms with Gasteiger partial charge in [-0.2, -0.15) is 0 Å². The second-order valence-corrected chi connectivity index (χ2v) is 15.1. The molecule has 7 rings (SSSR count). The molecule has 3 aromatic carbocycles. The van der Waals surface area contributed by atoms with Crippen LogP contribution in [0.25, 0.3) is 16.6 Å². The fraction of sp³-hybridized carbons (Fsp3) is 0.455. The summed E-state index contributed by atoms with van der Waals surface area (Å²) in [5, 5.41) is 31.2. The number of aromatic nitrogens is 1. The summed E-state index contributed by atoms with van der Waals surface area (Å²) in [6.07, 6.45) is 13.3. The Hall–Kier alpha value is -4.12. The smallest absolute Gasteiger partial charge is 0.161 e. The van der Waals surface area contributed by atoms with E-state index in [0.29, 0.717) is 51.4 Å². The Labute approximate surface area is 313 Å². The molecule has 3 aliphatic heterocycles. The van der Waals surface area contributed by atoms with Crippen LogP contribution in [-0.4, -0.2) is 66.6 Å². The summed E-state index contributed by atoms with van der Waals surface area (Å²) in [4.78, 5) is 0. The molecule has 3 atom stereocenters. The fourth-order valence-corrected chi connectivity index (χ4v) is 8.34. The van der Waals surface area contributed by atoms with Gasteiger partial charge in [-0.05, 0) is 97.7 Å². The van der Waals surface area contributed by atoms with Crippen LogP contribution in [0.4, 0.5) is 0 Å². The number of rotatable bonds is 8. The first-order valence-electron chi connectivity index (χ1n) is 19.5. The third kappa shape index (κ3) is 8.35. The van der Waals surface area contributed by atoms with Gasteiger partial charge in [0.15, 0.2) is 11.5 Å². The maximum absolute atomic E-state index is 11.3. The number of hydrogen-bond donors (Lipinski definition) is 5. The minimum absolute atomic E-state index is 0.0915. The molecule has 282 valence electrons. The molecular formula is C44H56N4O5. The monoisotopic (exact) mass is 720 g/mol. The fourth-order valence-electron chi connectivity index (χ4n) is 8.34. The lowest BCUT2D eigenvalue weighted by Crippen LogP contribution is -2.44. The van der Waals surface area contributed by atoms with Crippen LogP contribution in [0.5, 0.6) is 11.5 Å². The number of nitrogens with zero attached hydrogens (tertiary/aromatic N) is 1. The summed E-state index contributed by atoms with van der Waals surface area (Å²) in [5.74, 6) is 1.42. The highest BCUT2D eigenvalue weighted by Gasteiger charge is 2.37. The number of nitrogens with two attached hydrogens (primary N) is 1. The van der Waals surface area contributed by atoms with Crippen molar-refractivity contribution in [1.29, 1.82) is 0 Å². The molecule has 1 fully saturated rings. The second kappa shape index (κ2) is 16.9. The molecule has 4 bridgehead atoms. The summed E-state index contributed by atoms with van der Waals surface area (Å²) in [5.41, 5.74) is 13.1. The van der Waals surface area contributed by atoms with Gasteiger partial charge < -0.3 is 45.4 Å². The Bertz CT molecular complexity index is 1910. The Balaban J connectivity index is 1.38. The van der Waals surface area contributed by atoms with Crippen molar-refractivity contribution in [2.24, 2.45) is 5.73 Å². The summed E-state index contributed by atoms with van der Waals surface area (Å²) in [7, 11) is 1.93. The number of phenolic OH excluding ortho intramolecular Hbond substituents is 1. The number of aliphatic hydroxyl groups is 1. The zero-order chi connectivity index (χ0) is 36.8. The Morgan fingerprint density at radius 2 is 1.83 bits per heavy atom. The van der Waals surface area contributed by atoms with Crippen LogP contribution < -0.4 is 21.1 Å². The van der Waals surface area contributed by atoms with Gasteiger partial charge in [-0.3, -0.25) is 0 Å². The van der Waals surface area contributed by atoms with E-state index in [2.05, 4.69) is 83.1 Å². The second-order valence-electron chi connectivity index (χ2n) is 15.1. The topological polar surface area (TPSA) is 123 Å². The average Bonchev–Trinajstić information content (AvgIpc) is 3.62. The van der Waals surface area contributed by atoms with Gasteiger partial charge in [0.2, 0.25) is 0 Å². The van der Waals surface area contributed by atoms with Crippen LogP contribution in [0.2, 0.25) is 0 Å². The van der Waals surface area contributed by atoms with Crippen LogP contribution in [0, 0.1) is 0 Å². The Morgan fingerprint density at radius 1 is 1.00 bits per heavy atom. The number of likely N-dealkylation sites (N-methyl/N-ethyl adjacent to an activating group) is 1. The summed E-state index contributed by atoms with van der Waals surface area (Å²) in [6, 6.07) is 20.9. The molecule has 0 aliphatic carbocycles. The molecule has 1 aromatic heterocycles. The molecule has 0 saturated carbocycles. The van der Waals surface area contributed by atoms with Crippen molar-refractivity contribution in [2.45, 2.75) is 95.1 Å². The van der Waals surface area contributed by atoms with Crippen molar-refractivity contribution in [3.63, 3.8) is 0 Å². The summed E-state index contributed by atoms with van der Waals surface area (Å²) >= 11 is 0. The van der Waals surface area contributed by atoms with Gasteiger partial charge in [0.1, 0.15) is 12.4 Å². The highest BCUT2D eigenvalue weighted by atomic mass is 16.5. The number of phenols is 1. The van der Waals surface area contributed by atoms with Crippen LogP contribution >= 0.6 is 0 Å². The highest BCUT2D eigenvalue weighted by Crippen LogP contribution is 2.43. The predicted octanol–water partition coefficient (Wildman–Crippen LogP) is 6.89. The summed E-state index contributed by atoms with van der Waals surface area (Å²) in [6.45, 7) is 4.89. The van der Waals surface area contributed by atoms with Gasteiger partial charge >= 0.3 is 0 Å². The van der Waals surface area contributed by atoms with Crippen LogP contribution in [0.15, 0.2) is 90.3 Å². The van der Waals surface area contributed by atoms with E-state index in [4.69, 9.17) is 19.9 Å². The van der Waals surface area contributed by atoms with Crippen LogP contribution in [0.3, 0.4) is 0 Å². The lowest BCUT2D eigenvalue weighted by atomic mass is 9.68. The standard InChI is InChI=1S/C44H56N4O5/c1-3-4-6-11-38-24-37(49)14-12-30-13-15-40(50)41(20-30)53-28-33-23-36(44(16-18-51-19-17-44)35-9-7-5-8-10-35)22-32-26-48(27-39(32)33)43-34(29-52-38)21-31(25-46-2)42(45)47-43/h5,7-10,13,15,20-23,26-27,37-38,42,46-47,49-50H,3-4,6,11-12,14,16-19,24-25,28-29,45H2,1-2H3/t37-,38+,42?/m1/s1. The third-order valence-electron chi connectivity index (χ3n) is 11.4. The van der Waals surface area contributed by atoms with Gasteiger partial charge in [-0.25, -0.2) is 0 Å². The van der Waals surface area contributed by atoms with Crippen LogP contribution in [-0.2, 0) is 27.9 Å². The molecule has 9 heteroatoms. The van der Waals surface area contributed by atoms with E-state index in [1.54, 1.807) is 6.07 Å². The van der Waals surface area contributed by atoms with E-state index in [-0.39, 0.29) is 30.0 Å². The number of unbranched alkanes of at least 4 members (excludes halogenated alkanes) is 2. The quantitative estimate of drug-likeness (QED) is 0.125. The molecule has 9 nitrogen and oxygen atoms in total. The number of aryl methyl sites for hydroxylation is 1. The summed E-state index contributed by atoms with van der Waals surface area (Å²) < 4.78 is 21.3. The molecule has 0 spiro atoms. The van der Waals surface area contributed by atoms with Crippen molar-refractivity contribution in [3.8, 4) is 11.5 Å². The average molecular weight is 721 g/mol. The Morgan fingerprint density at radius 3 is 2.62 bits per heavy atom. The largest absolute Gasteiger partial charge is 0.504 e. The molecule has 53 heavy (non-hydrogen) atoms. The first-order chi connectivity index (χ1) is 25.9. The molecule has 3 aliphatic rings. The number of aromatic hydroxyl groups is 1. The van der Waals surface area contributed by atoms with Crippen molar-refractivity contribution >= 4 is 16.6 Å². The third-order valence-corrected chi connectivity index (χ3v) is 11.4. The maximum atomic E-state index is 11.3. The maximum Gasteiger partial charge on any atom is 0.161 e. The predicted molar refractivity (Wildman–Crippen MR) is 211 cm³/mol. The molecule has 0 radical (unpaired) electrons. The van der Waals surface area contributed by atoms with Crippen molar-refractivity contribution < 1.29 is 24.4 Å².